The van der Waals surface area contributed by atoms with Gasteiger partial charge in [-0.25, -0.2) is 18.1 Å². The standard InChI is InChI=1S/C13H24N4O2S/c1-4-8-14-12-7-5-9-15-13(12)20(18,19)16-10-6-11-17(2)3/h5,7,9,14,16H,4,6,8,10-11H2,1-3H3. The zero-order valence-corrected chi connectivity index (χ0v) is 13.2. The zero-order chi connectivity index (χ0) is 15.0. The van der Waals surface area contributed by atoms with E-state index in [1.165, 1.54) is 6.20 Å². The lowest BCUT2D eigenvalue weighted by Crippen LogP contribution is -2.28. The molecule has 0 aliphatic rings. The van der Waals surface area contributed by atoms with E-state index in [9.17, 15) is 8.42 Å². The van der Waals surface area contributed by atoms with Gasteiger partial charge < -0.3 is 10.2 Å². The summed E-state index contributed by atoms with van der Waals surface area (Å²) in [5.41, 5.74) is 0.550. The van der Waals surface area contributed by atoms with Crippen LogP contribution in [0.25, 0.3) is 0 Å². The number of rotatable bonds is 9. The van der Waals surface area contributed by atoms with E-state index in [1.54, 1.807) is 12.1 Å². The Labute approximate surface area is 121 Å². The molecule has 0 aliphatic heterocycles. The van der Waals surface area contributed by atoms with Crippen molar-refractivity contribution in [2.75, 3.05) is 39.0 Å². The van der Waals surface area contributed by atoms with Crippen LogP contribution in [0.1, 0.15) is 19.8 Å². The third-order valence-corrected chi connectivity index (χ3v) is 4.08. The van der Waals surface area contributed by atoms with Gasteiger partial charge in [-0.3, -0.25) is 0 Å². The van der Waals surface area contributed by atoms with Crippen molar-refractivity contribution in [3.8, 4) is 0 Å². The lowest BCUT2D eigenvalue weighted by molar-refractivity contribution is 0.400. The highest BCUT2D eigenvalue weighted by molar-refractivity contribution is 7.89. The monoisotopic (exact) mass is 300 g/mol. The molecule has 0 radical (unpaired) electrons. The fraction of sp³-hybridized carbons (Fsp3) is 0.615. The number of hydrogen-bond donors (Lipinski definition) is 2. The van der Waals surface area contributed by atoms with Crippen LogP contribution in [0.5, 0.6) is 0 Å². The molecule has 1 aromatic heterocycles. The van der Waals surface area contributed by atoms with E-state index in [2.05, 4.69) is 15.0 Å². The summed E-state index contributed by atoms with van der Waals surface area (Å²) in [5, 5.41) is 3.16. The molecule has 0 amide bonds. The van der Waals surface area contributed by atoms with E-state index in [0.29, 0.717) is 12.2 Å². The van der Waals surface area contributed by atoms with Crippen molar-refractivity contribution >= 4 is 15.7 Å². The van der Waals surface area contributed by atoms with E-state index >= 15 is 0 Å². The minimum absolute atomic E-state index is 0.0679. The lowest BCUT2D eigenvalue weighted by atomic mass is 10.4. The Balaban J connectivity index is 2.71. The molecule has 6 nitrogen and oxygen atoms in total. The summed E-state index contributed by atoms with van der Waals surface area (Å²) in [4.78, 5) is 6.01. The van der Waals surface area contributed by atoms with Crippen LogP contribution in [0.4, 0.5) is 5.69 Å². The molecule has 0 fully saturated rings. The molecular formula is C13H24N4O2S. The van der Waals surface area contributed by atoms with Gasteiger partial charge in [-0.05, 0) is 45.6 Å². The Bertz CT molecular complexity index is 503. The second kappa shape index (κ2) is 8.18. The second-order valence-electron chi connectivity index (χ2n) is 4.84. The molecule has 0 bridgehead atoms. The number of aromatic nitrogens is 1. The van der Waals surface area contributed by atoms with Crippen molar-refractivity contribution < 1.29 is 8.42 Å². The highest BCUT2D eigenvalue weighted by atomic mass is 32.2. The maximum atomic E-state index is 12.2. The normalized spacial score (nSPS) is 11.8. The van der Waals surface area contributed by atoms with Crippen molar-refractivity contribution in [1.82, 2.24) is 14.6 Å². The molecule has 7 heteroatoms. The van der Waals surface area contributed by atoms with E-state index in [1.807, 2.05) is 25.9 Å². The average molecular weight is 300 g/mol. The van der Waals surface area contributed by atoms with Gasteiger partial charge in [-0.2, -0.15) is 0 Å². The van der Waals surface area contributed by atoms with Crippen molar-refractivity contribution in [2.24, 2.45) is 0 Å². The molecule has 114 valence electrons. The lowest BCUT2D eigenvalue weighted by Gasteiger charge is -2.12. The van der Waals surface area contributed by atoms with E-state index in [4.69, 9.17) is 0 Å². The van der Waals surface area contributed by atoms with Crippen LogP contribution in [-0.4, -0.2) is 52.0 Å². The maximum absolute atomic E-state index is 12.2. The van der Waals surface area contributed by atoms with Gasteiger partial charge in [0.2, 0.25) is 0 Å². The predicted octanol–water partition coefficient (Wildman–Crippen LogP) is 1.13. The third kappa shape index (κ3) is 5.44. The maximum Gasteiger partial charge on any atom is 0.260 e. The predicted molar refractivity (Wildman–Crippen MR) is 81.4 cm³/mol. The van der Waals surface area contributed by atoms with Crippen molar-refractivity contribution in [3.05, 3.63) is 18.3 Å². The highest BCUT2D eigenvalue weighted by Crippen LogP contribution is 2.17. The van der Waals surface area contributed by atoms with Crippen molar-refractivity contribution in [3.63, 3.8) is 0 Å². The smallest absolute Gasteiger partial charge is 0.260 e. The first-order valence-electron chi connectivity index (χ1n) is 6.80. The van der Waals surface area contributed by atoms with Crippen LogP contribution >= 0.6 is 0 Å². The molecule has 0 spiro atoms. The topological polar surface area (TPSA) is 74.3 Å². The van der Waals surface area contributed by atoms with E-state index < -0.39 is 10.0 Å². The van der Waals surface area contributed by atoms with Crippen molar-refractivity contribution in [2.45, 2.75) is 24.8 Å². The minimum atomic E-state index is -3.56. The third-order valence-electron chi connectivity index (χ3n) is 2.67. The Morgan fingerprint density at radius 3 is 2.70 bits per heavy atom. The number of pyridine rings is 1. The fourth-order valence-electron chi connectivity index (χ4n) is 1.67. The first-order valence-corrected chi connectivity index (χ1v) is 8.29. The Morgan fingerprint density at radius 2 is 2.05 bits per heavy atom. The molecule has 0 aliphatic carbocycles. The summed E-state index contributed by atoms with van der Waals surface area (Å²) >= 11 is 0. The van der Waals surface area contributed by atoms with Gasteiger partial charge in [0.25, 0.3) is 10.0 Å². The molecule has 0 atom stereocenters. The van der Waals surface area contributed by atoms with E-state index in [-0.39, 0.29) is 5.03 Å². The molecule has 1 rings (SSSR count). The summed E-state index contributed by atoms with van der Waals surface area (Å²) in [6, 6.07) is 3.46. The largest absolute Gasteiger partial charge is 0.383 e. The van der Waals surface area contributed by atoms with Gasteiger partial charge in [0.15, 0.2) is 5.03 Å². The van der Waals surface area contributed by atoms with Crippen LogP contribution < -0.4 is 10.0 Å². The van der Waals surface area contributed by atoms with Gasteiger partial charge in [0, 0.05) is 19.3 Å². The zero-order valence-electron chi connectivity index (χ0n) is 12.4. The van der Waals surface area contributed by atoms with Crippen LogP contribution in [0, 0.1) is 0 Å². The van der Waals surface area contributed by atoms with Crippen LogP contribution in [0.15, 0.2) is 23.4 Å². The summed E-state index contributed by atoms with van der Waals surface area (Å²) in [6.45, 7) is 3.99. The molecule has 0 unspecified atom stereocenters. The average Bonchev–Trinajstić information content (AvgIpc) is 2.41. The Morgan fingerprint density at radius 1 is 1.30 bits per heavy atom. The van der Waals surface area contributed by atoms with Gasteiger partial charge in [0.1, 0.15) is 0 Å². The minimum Gasteiger partial charge on any atom is -0.383 e. The molecule has 1 heterocycles. The second-order valence-corrected chi connectivity index (χ2v) is 6.52. The van der Waals surface area contributed by atoms with Crippen LogP contribution in [0.2, 0.25) is 0 Å². The van der Waals surface area contributed by atoms with Gasteiger partial charge in [0.05, 0.1) is 5.69 Å². The molecule has 0 saturated heterocycles. The summed E-state index contributed by atoms with van der Waals surface area (Å²) in [6.07, 6.45) is 3.17. The summed E-state index contributed by atoms with van der Waals surface area (Å²) in [5.74, 6) is 0. The van der Waals surface area contributed by atoms with Crippen molar-refractivity contribution in [1.29, 1.82) is 0 Å². The summed E-state index contributed by atoms with van der Waals surface area (Å²) < 4.78 is 27.1. The molecule has 0 aromatic carbocycles. The Hall–Kier alpha value is -1.18. The van der Waals surface area contributed by atoms with Crippen LogP contribution in [-0.2, 0) is 10.0 Å². The molecule has 20 heavy (non-hydrogen) atoms. The van der Waals surface area contributed by atoms with E-state index in [0.717, 1.165) is 25.9 Å². The SMILES string of the molecule is CCCNc1cccnc1S(=O)(=O)NCCCN(C)C. The summed E-state index contributed by atoms with van der Waals surface area (Å²) in [7, 11) is 0.355. The van der Waals surface area contributed by atoms with Gasteiger partial charge in [-0.15, -0.1) is 0 Å². The number of nitrogens with zero attached hydrogens (tertiary/aromatic N) is 2. The Kier molecular flexibility index (Phi) is 6.90. The number of nitrogens with one attached hydrogen (secondary N) is 2. The van der Waals surface area contributed by atoms with Crippen LogP contribution in [0.3, 0.4) is 0 Å². The number of hydrogen-bond acceptors (Lipinski definition) is 5. The molecule has 2 N–H and O–H groups in total. The quantitative estimate of drug-likeness (QED) is 0.669. The van der Waals surface area contributed by atoms with Gasteiger partial charge >= 0.3 is 0 Å². The first-order chi connectivity index (χ1) is 9.47. The number of anilines is 1. The molecular weight excluding hydrogens is 276 g/mol. The highest BCUT2D eigenvalue weighted by Gasteiger charge is 2.19. The number of sulfonamides is 1. The first kappa shape index (κ1) is 16.9. The molecule has 1 aromatic rings. The molecule has 0 saturated carbocycles. The fourth-order valence-corrected chi connectivity index (χ4v) is 2.85. The van der Waals surface area contributed by atoms with Gasteiger partial charge in [-0.1, -0.05) is 6.92 Å².